The molecular formula is C28H30ClF2N7O2S. The molecule has 2 fully saturated rings. The van der Waals surface area contributed by atoms with Crippen molar-refractivity contribution in [1.82, 2.24) is 24.8 Å². The number of hydrogen-bond acceptors (Lipinski definition) is 9. The van der Waals surface area contributed by atoms with Crippen molar-refractivity contribution < 1.29 is 18.3 Å². The molecule has 0 radical (unpaired) electrons. The van der Waals surface area contributed by atoms with E-state index >= 15 is 4.39 Å². The summed E-state index contributed by atoms with van der Waals surface area (Å²) in [7, 11) is 3.55. The van der Waals surface area contributed by atoms with Gasteiger partial charge in [-0.05, 0) is 63.7 Å². The number of hydrogen-bond donors (Lipinski definition) is 2. The Kier molecular flexibility index (Phi) is 8.52. The van der Waals surface area contributed by atoms with Crippen molar-refractivity contribution in [1.29, 1.82) is 0 Å². The Balaban J connectivity index is 0.000000500. The molecule has 1 atom stereocenters. The van der Waals surface area contributed by atoms with Gasteiger partial charge < -0.3 is 25.6 Å². The van der Waals surface area contributed by atoms with Gasteiger partial charge in [-0.2, -0.15) is 9.97 Å². The number of carbonyl (C=O) groups is 1. The molecule has 6 rings (SSSR count). The van der Waals surface area contributed by atoms with Crippen molar-refractivity contribution in [2.45, 2.75) is 25.3 Å². The fraction of sp³-hybridized carbons (Fsp3) is 0.357. The van der Waals surface area contributed by atoms with Crippen molar-refractivity contribution in [2.24, 2.45) is 0 Å². The molecule has 41 heavy (non-hydrogen) atoms. The number of nitrogen functional groups attached to an aromatic ring is 1. The van der Waals surface area contributed by atoms with Gasteiger partial charge in [0.1, 0.15) is 17.2 Å². The summed E-state index contributed by atoms with van der Waals surface area (Å²) in [5, 5.41) is 3.82. The lowest BCUT2D eigenvalue weighted by atomic mass is 10.0. The Morgan fingerprint density at radius 2 is 1.98 bits per heavy atom. The van der Waals surface area contributed by atoms with Gasteiger partial charge in [0.25, 0.3) is 0 Å². The van der Waals surface area contributed by atoms with Crippen LogP contribution in [0.2, 0.25) is 5.02 Å². The second-order valence-electron chi connectivity index (χ2n) is 9.96. The number of nitrogens with zero attached hydrogens (tertiary/aromatic N) is 5. The molecule has 2 aromatic heterocycles. The predicted molar refractivity (Wildman–Crippen MR) is 160 cm³/mol. The van der Waals surface area contributed by atoms with Crippen LogP contribution in [0.1, 0.15) is 19.3 Å². The molecule has 4 heterocycles. The van der Waals surface area contributed by atoms with Crippen LogP contribution >= 0.6 is 22.9 Å². The van der Waals surface area contributed by atoms with Gasteiger partial charge in [0, 0.05) is 35.6 Å². The van der Waals surface area contributed by atoms with Gasteiger partial charge in [0.15, 0.2) is 10.9 Å². The number of ether oxygens (including phenoxy) is 1. The molecule has 0 aliphatic carbocycles. The highest BCUT2D eigenvalue weighted by atomic mass is 35.5. The van der Waals surface area contributed by atoms with Crippen molar-refractivity contribution in [3.8, 4) is 17.1 Å². The molecule has 0 bridgehead atoms. The lowest BCUT2D eigenvalue weighted by Crippen LogP contribution is -2.30. The van der Waals surface area contributed by atoms with Crippen LogP contribution in [0.25, 0.3) is 32.2 Å². The van der Waals surface area contributed by atoms with E-state index in [1.807, 2.05) is 0 Å². The Bertz CT molecular complexity index is 1630. The van der Waals surface area contributed by atoms with Gasteiger partial charge in [-0.15, -0.1) is 0 Å². The largest absolute Gasteiger partial charge is 0.467 e. The van der Waals surface area contributed by atoms with Crippen molar-refractivity contribution in [3.63, 3.8) is 0 Å². The highest BCUT2D eigenvalue weighted by molar-refractivity contribution is 7.22. The van der Waals surface area contributed by atoms with Crippen LogP contribution < -0.4 is 15.8 Å². The molecule has 2 aliphatic rings. The van der Waals surface area contributed by atoms with E-state index in [0.29, 0.717) is 36.3 Å². The minimum atomic E-state index is -0.731. The minimum absolute atomic E-state index is 0.0183. The number of anilines is 2. The minimum Gasteiger partial charge on any atom is -0.467 e. The first kappa shape index (κ1) is 28.9. The van der Waals surface area contributed by atoms with Crippen LogP contribution in [0.5, 0.6) is 6.01 Å². The Morgan fingerprint density at radius 3 is 2.63 bits per heavy atom. The normalized spacial score (nSPS) is 17.1. The average molecular weight is 602 g/mol. The highest BCUT2D eigenvalue weighted by Crippen LogP contribution is 2.42. The molecule has 0 saturated carbocycles. The molecule has 2 aromatic carbocycles. The number of carbonyl (C=O) groups excluding carboxylic acids is 1. The number of rotatable bonds is 5. The van der Waals surface area contributed by atoms with Gasteiger partial charge in [-0.25, -0.2) is 13.8 Å². The predicted octanol–water partition coefficient (Wildman–Crippen LogP) is 5.34. The molecule has 2 saturated heterocycles. The summed E-state index contributed by atoms with van der Waals surface area (Å²) in [5.74, 6) is -1.08. The van der Waals surface area contributed by atoms with Crippen LogP contribution in [0.4, 0.5) is 19.7 Å². The molecule has 3 N–H and O–H groups in total. The zero-order chi connectivity index (χ0) is 29.3. The maximum atomic E-state index is 16.0. The molecule has 1 amide bonds. The number of nitrogens with two attached hydrogens (primary N) is 1. The topological polar surface area (TPSA) is 110 Å². The van der Waals surface area contributed by atoms with Gasteiger partial charge in [-0.1, -0.05) is 29.5 Å². The number of aromatic nitrogens is 3. The molecular weight excluding hydrogens is 572 g/mol. The third-order valence-electron chi connectivity index (χ3n) is 7.17. The summed E-state index contributed by atoms with van der Waals surface area (Å²) < 4.78 is 35.7. The average Bonchev–Trinajstić information content (AvgIpc) is 3.72. The fourth-order valence-electron chi connectivity index (χ4n) is 5.09. The van der Waals surface area contributed by atoms with Crippen molar-refractivity contribution in [2.75, 3.05) is 51.4 Å². The van der Waals surface area contributed by atoms with E-state index in [4.69, 9.17) is 22.1 Å². The van der Waals surface area contributed by atoms with Gasteiger partial charge in [0.2, 0.25) is 5.91 Å². The summed E-state index contributed by atoms with van der Waals surface area (Å²) in [6.07, 6.45) is 4.76. The SMILES string of the molecule is C=CC(=O)N1CCC(Nc2nc(OC)nc3c(F)c(-c4ccc(F)c5sc(N)nc45)c(Cl)cc23)C1.CN1CCCC1. The van der Waals surface area contributed by atoms with Crippen LogP contribution in [0.15, 0.2) is 30.9 Å². The fourth-order valence-corrected chi connectivity index (χ4v) is 6.15. The number of amides is 1. The highest BCUT2D eigenvalue weighted by Gasteiger charge is 2.27. The molecule has 4 aromatic rings. The summed E-state index contributed by atoms with van der Waals surface area (Å²) >= 11 is 7.54. The molecule has 13 heteroatoms. The van der Waals surface area contributed by atoms with E-state index in [1.54, 1.807) is 11.0 Å². The van der Waals surface area contributed by atoms with Crippen LogP contribution in [0.3, 0.4) is 0 Å². The number of likely N-dealkylation sites (tertiary alicyclic amines) is 2. The van der Waals surface area contributed by atoms with E-state index < -0.39 is 11.6 Å². The first-order valence-electron chi connectivity index (χ1n) is 13.1. The lowest BCUT2D eigenvalue weighted by molar-refractivity contribution is -0.125. The second kappa shape index (κ2) is 12.1. The Morgan fingerprint density at radius 1 is 1.22 bits per heavy atom. The number of halogens is 3. The van der Waals surface area contributed by atoms with Gasteiger partial charge in [-0.3, -0.25) is 4.79 Å². The number of fused-ring (bicyclic) bond motifs is 2. The monoisotopic (exact) mass is 601 g/mol. The standard InChI is InChI=1S/C23H19ClF2N6O2S.C5H11N/c1-3-15(33)32-7-6-10(9-32)28-21-12-8-13(24)16(17(26)18(12)30-23(31-21)34-2)11-4-5-14(25)20-19(11)29-22(27)35-20;1-6-4-2-3-5-6/h3-5,8,10H,1,6-7,9H2,2H3,(H2,27,29)(H,28,30,31);2-5H2,1H3. The van der Waals surface area contributed by atoms with Crippen LogP contribution in [0, 0.1) is 11.6 Å². The van der Waals surface area contributed by atoms with E-state index in [-0.39, 0.29) is 49.4 Å². The number of methoxy groups -OCH3 is 1. The number of nitrogens with one attached hydrogen (secondary N) is 1. The van der Waals surface area contributed by atoms with Gasteiger partial charge >= 0.3 is 6.01 Å². The first-order valence-corrected chi connectivity index (χ1v) is 14.3. The second-order valence-corrected chi connectivity index (χ2v) is 11.4. The third-order valence-corrected chi connectivity index (χ3v) is 8.36. The molecule has 0 spiro atoms. The van der Waals surface area contributed by atoms with E-state index in [1.165, 1.54) is 51.2 Å². The maximum Gasteiger partial charge on any atom is 0.318 e. The van der Waals surface area contributed by atoms with Crippen molar-refractivity contribution >= 4 is 60.9 Å². The third kappa shape index (κ3) is 5.90. The molecule has 1 unspecified atom stereocenters. The van der Waals surface area contributed by atoms with Crippen LogP contribution in [-0.4, -0.2) is 77.0 Å². The van der Waals surface area contributed by atoms with Crippen LogP contribution in [-0.2, 0) is 4.79 Å². The number of thiazole rings is 1. The first-order chi connectivity index (χ1) is 19.7. The van der Waals surface area contributed by atoms with Crippen molar-refractivity contribution in [3.05, 3.63) is 47.5 Å². The summed E-state index contributed by atoms with van der Waals surface area (Å²) in [5.41, 5.74) is 6.28. The molecule has 216 valence electrons. The Labute approximate surface area is 245 Å². The molecule has 2 aliphatic heterocycles. The Hall–Kier alpha value is -3.61. The van der Waals surface area contributed by atoms with E-state index in [0.717, 1.165) is 11.3 Å². The summed E-state index contributed by atoms with van der Waals surface area (Å²) in [6.45, 7) is 7.15. The number of benzene rings is 2. The zero-order valence-electron chi connectivity index (χ0n) is 22.7. The van der Waals surface area contributed by atoms with E-state index in [2.05, 4.69) is 38.8 Å². The molecule has 9 nitrogen and oxygen atoms in total. The maximum absolute atomic E-state index is 16.0. The summed E-state index contributed by atoms with van der Waals surface area (Å²) in [4.78, 5) is 28.7. The smallest absolute Gasteiger partial charge is 0.318 e. The quantitative estimate of drug-likeness (QED) is 0.295. The zero-order valence-corrected chi connectivity index (χ0v) is 24.3. The van der Waals surface area contributed by atoms with E-state index in [9.17, 15) is 9.18 Å². The van der Waals surface area contributed by atoms with Gasteiger partial charge in [0.05, 0.1) is 22.3 Å². The lowest BCUT2D eigenvalue weighted by Gasteiger charge is -2.18. The summed E-state index contributed by atoms with van der Waals surface area (Å²) in [6, 6.07) is 4.00.